The second kappa shape index (κ2) is 5.04. The number of benzene rings is 2. The highest BCUT2D eigenvalue weighted by Crippen LogP contribution is 2.36. The van der Waals surface area contributed by atoms with Gasteiger partial charge in [-0.2, -0.15) is 0 Å². The molecular formula is C16H14ClFN2O. The molecule has 2 aromatic carbocycles. The minimum absolute atomic E-state index is 0.0920. The highest BCUT2D eigenvalue weighted by molar-refractivity contribution is 6.35. The minimum atomic E-state index is -0.485. The van der Waals surface area contributed by atoms with Crippen LogP contribution in [0.25, 0.3) is 22.4 Å². The molecule has 0 amide bonds. The Morgan fingerprint density at radius 1 is 1.24 bits per heavy atom. The summed E-state index contributed by atoms with van der Waals surface area (Å²) >= 11 is 6.29. The molecule has 0 aliphatic rings. The number of hydrogen-bond acceptors (Lipinski definition) is 2. The SMILES string of the molecule is CC(C)n1c(-c2ccc(F)cc2O)nc2cccc(Cl)c21. The number of phenols is 1. The van der Waals surface area contributed by atoms with Crippen LogP contribution >= 0.6 is 11.6 Å². The van der Waals surface area contributed by atoms with E-state index in [0.717, 1.165) is 17.1 Å². The van der Waals surface area contributed by atoms with E-state index in [4.69, 9.17) is 11.6 Å². The average molecular weight is 305 g/mol. The van der Waals surface area contributed by atoms with Crippen LogP contribution in [0.2, 0.25) is 5.02 Å². The quantitative estimate of drug-likeness (QED) is 0.739. The number of fused-ring (bicyclic) bond motifs is 1. The van der Waals surface area contributed by atoms with Gasteiger partial charge in [0.25, 0.3) is 0 Å². The molecule has 0 bridgehead atoms. The maximum absolute atomic E-state index is 13.2. The van der Waals surface area contributed by atoms with Crippen LogP contribution < -0.4 is 0 Å². The van der Waals surface area contributed by atoms with E-state index in [9.17, 15) is 9.50 Å². The summed E-state index contributed by atoms with van der Waals surface area (Å²) in [5.74, 6) is -0.0459. The van der Waals surface area contributed by atoms with Crippen molar-refractivity contribution in [3.8, 4) is 17.1 Å². The predicted octanol–water partition coefficient (Wildman–Crippen LogP) is 4.78. The lowest BCUT2D eigenvalue weighted by Crippen LogP contribution is -2.03. The monoisotopic (exact) mass is 304 g/mol. The first-order chi connectivity index (χ1) is 9.99. The summed E-state index contributed by atoms with van der Waals surface area (Å²) in [7, 11) is 0. The molecule has 0 fully saturated rings. The van der Waals surface area contributed by atoms with Crippen molar-refractivity contribution in [3.63, 3.8) is 0 Å². The summed E-state index contributed by atoms with van der Waals surface area (Å²) in [6, 6.07) is 9.51. The average Bonchev–Trinajstić information content (AvgIpc) is 2.79. The van der Waals surface area contributed by atoms with E-state index in [1.807, 2.05) is 30.5 Å². The number of nitrogens with zero attached hydrogens (tertiary/aromatic N) is 2. The third kappa shape index (κ3) is 2.25. The van der Waals surface area contributed by atoms with Crippen molar-refractivity contribution in [3.05, 3.63) is 47.2 Å². The lowest BCUT2D eigenvalue weighted by Gasteiger charge is -2.14. The van der Waals surface area contributed by atoms with Gasteiger partial charge in [0.15, 0.2) is 0 Å². The second-order valence-electron chi connectivity index (χ2n) is 5.17. The van der Waals surface area contributed by atoms with Crippen molar-refractivity contribution < 1.29 is 9.50 Å². The van der Waals surface area contributed by atoms with Gasteiger partial charge < -0.3 is 9.67 Å². The van der Waals surface area contributed by atoms with Crippen molar-refractivity contribution in [2.45, 2.75) is 19.9 Å². The number of imidazole rings is 1. The van der Waals surface area contributed by atoms with E-state index in [1.165, 1.54) is 12.1 Å². The Labute approximate surface area is 126 Å². The van der Waals surface area contributed by atoms with Crippen LogP contribution in [0, 0.1) is 5.82 Å². The van der Waals surface area contributed by atoms with E-state index in [0.29, 0.717) is 16.4 Å². The maximum atomic E-state index is 13.2. The summed E-state index contributed by atoms with van der Waals surface area (Å²) in [4.78, 5) is 4.55. The topological polar surface area (TPSA) is 38.0 Å². The Morgan fingerprint density at radius 2 is 2.00 bits per heavy atom. The molecule has 0 radical (unpaired) electrons. The number of para-hydroxylation sites is 1. The zero-order valence-corrected chi connectivity index (χ0v) is 12.4. The van der Waals surface area contributed by atoms with Crippen LogP contribution in [0.5, 0.6) is 5.75 Å². The predicted molar refractivity (Wildman–Crippen MR) is 82.2 cm³/mol. The fourth-order valence-electron chi connectivity index (χ4n) is 2.49. The van der Waals surface area contributed by atoms with E-state index in [2.05, 4.69) is 4.98 Å². The molecule has 0 atom stereocenters. The summed E-state index contributed by atoms with van der Waals surface area (Å²) < 4.78 is 15.1. The molecule has 3 rings (SSSR count). The molecule has 0 aliphatic carbocycles. The van der Waals surface area contributed by atoms with Gasteiger partial charge in [0.05, 0.1) is 21.6 Å². The maximum Gasteiger partial charge on any atom is 0.145 e. The smallest absolute Gasteiger partial charge is 0.145 e. The summed E-state index contributed by atoms with van der Waals surface area (Å²) in [6.45, 7) is 4.02. The second-order valence-corrected chi connectivity index (χ2v) is 5.58. The molecule has 0 saturated carbocycles. The fourth-order valence-corrected chi connectivity index (χ4v) is 2.75. The first-order valence-electron chi connectivity index (χ1n) is 6.64. The third-order valence-corrected chi connectivity index (χ3v) is 3.68. The molecule has 3 nitrogen and oxygen atoms in total. The Balaban J connectivity index is 2.37. The number of hydrogen-bond donors (Lipinski definition) is 1. The molecule has 0 unspecified atom stereocenters. The summed E-state index contributed by atoms with van der Waals surface area (Å²) in [5, 5.41) is 10.6. The number of halogens is 2. The van der Waals surface area contributed by atoms with Crippen LogP contribution in [0.4, 0.5) is 4.39 Å². The molecule has 3 aromatic rings. The van der Waals surface area contributed by atoms with Crippen molar-refractivity contribution in [2.24, 2.45) is 0 Å². The van der Waals surface area contributed by atoms with Crippen LogP contribution in [0.15, 0.2) is 36.4 Å². The molecule has 1 heterocycles. The molecule has 0 aliphatic heterocycles. The molecule has 21 heavy (non-hydrogen) atoms. The van der Waals surface area contributed by atoms with E-state index in [1.54, 1.807) is 6.07 Å². The Kier molecular flexibility index (Phi) is 3.33. The zero-order valence-electron chi connectivity index (χ0n) is 11.6. The van der Waals surface area contributed by atoms with Gasteiger partial charge in [-0.15, -0.1) is 0 Å². The van der Waals surface area contributed by atoms with Gasteiger partial charge in [-0.05, 0) is 38.1 Å². The lowest BCUT2D eigenvalue weighted by molar-refractivity contribution is 0.470. The fraction of sp³-hybridized carbons (Fsp3) is 0.188. The van der Waals surface area contributed by atoms with Crippen LogP contribution in [-0.4, -0.2) is 14.7 Å². The highest BCUT2D eigenvalue weighted by atomic mass is 35.5. The summed E-state index contributed by atoms with van der Waals surface area (Å²) in [6.07, 6.45) is 0. The minimum Gasteiger partial charge on any atom is -0.507 e. The Bertz CT molecular complexity index is 827. The number of rotatable bonds is 2. The van der Waals surface area contributed by atoms with Gasteiger partial charge in [0.1, 0.15) is 17.4 Å². The van der Waals surface area contributed by atoms with Gasteiger partial charge in [-0.1, -0.05) is 17.7 Å². The van der Waals surface area contributed by atoms with E-state index in [-0.39, 0.29) is 11.8 Å². The van der Waals surface area contributed by atoms with Crippen LogP contribution in [-0.2, 0) is 0 Å². The van der Waals surface area contributed by atoms with E-state index < -0.39 is 5.82 Å². The van der Waals surface area contributed by atoms with Gasteiger partial charge in [0.2, 0.25) is 0 Å². The normalized spacial score (nSPS) is 11.5. The Hall–Kier alpha value is -2.07. The zero-order chi connectivity index (χ0) is 15.1. The summed E-state index contributed by atoms with van der Waals surface area (Å²) in [5.41, 5.74) is 2.04. The molecule has 0 spiro atoms. The van der Waals surface area contributed by atoms with Gasteiger partial charge >= 0.3 is 0 Å². The number of aromatic nitrogens is 2. The largest absolute Gasteiger partial charge is 0.507 e. The molecule has 1 N–H and O–H groups in total. The standard InChI is InChI=1S/C16H14ClFN2O/c1-9(2)20-15-12(17)4-3-5-13(15)19-16(20)11-7-6-10(18)8-14(11)21/h3-9,21H,1-2H3. The lowest BCUT2D eigenvalue weighted by atomic mass is 10.1. The van der Waals surface area contributed by atoms with Crippen LogP contribution in [0.1, 0.15) is 19.9 Å². The van der Waals surface area contributed by atoms with Gasteiger partial charge in [-0.3, -0.25) is 0 Å². The third-order valence-electron chi connectivity index (χ3n) is 3.38. The van der Waals surface area contributed by atoms with E-state index >= 15 is 0 Å². The van der Waals surface area contributed by atoms with Crippen LogP contribution in [0.3, 0.4) is 0 Å². The molecule has 0 saturated heterocycles. The number of phenolic OH excluding ortho intramolecular Hbond substituents is 1. The van der Waals surface area contributed by atoms with Gasteiger partial charge in [-0.25, -0.2) is 9.37 Å². The van der Waals surface area contributed by atoms with Crippen molar-refractivity contribution in [1.82, 2.24) is 9.55 Å². The first-order valence-corrected chi connectivity index (χ1v) is 7.02. The van der Waals surface area contributed by atoms with Crippen molar-refractivity contribution in [2.75, 3.05) is 0 Å². The molecule has 108 valence electrons. The van der Waals surface area contributed by atoms with Crippen molar-refractivity contribution >= 4 is 22.6 Å². The van der Waals surface area contributed by atoms with Crippen molar-refractivity contribution in [1.29, 1.82) is 0 Å². The molecule has 5 heteroatoms. The van der Waals surface area contributed by atoms with Gasteiger partial charge in [0, 0.05) is 12.1 Å². The molecular weight excluding hydrogens is 291 g/mol. The first kappa shape index (κ1) is 13.9. The number of aromatic hydroxyl groups is 1. The Morgan fingerprint density at radius 3 is 2.67 bits per heavy atom. The highest BCUT2D eigenvalue weighted by Gasteiger charge is 2.19. The molecule has 1 aromatic heterocycles.